The molecule has 0 atom stereocenters. The van der Waals surface area contributed by atoms with Crippen molar-refractivity contribution < 1.29 is 14.0 Å². The first-order valence-corrected chi connectivity index (χ1v) is 18.0. The van der Waals surface area contributed by atoms with E-state index in [1.807, 2.05) is 86.8 Å². The third-order valence-electron chi connectivity index (χ3n) is 9.08. The number of nitrogens with zero attached hydrogens (tertiary/aromatic N) is 4. The van der Waals surface area contributed by atoms with E-state index in [-0.39, 0.29) is 22.4 Å². The van der Waals surface area contributed by atoms with Crippen LogP contribution < -0.4 is 0 Å². The van der Waals surface area contributed by atoms with E-state index in [1.54, 1.807) is 23.6 Å². The second-order valence-corrected chi connectivity index (χ2v) is 15.4. The zero-order valence-corrected chi connectivity index (χ0v) is 30.3. The van der Waals surface area contributed by atoms with Gasteiger partial charge in [0.05, 0.1) is 22.5 Å². The number of thiazole rings is 1. The van der Waals surface area contributed by atoms with Crippen molar-refractivity contribution in [2.45, 2.75) is 53.4 Å². The number of aromatic nitrogens is 4. The van der Waals surface area contributed by atoms with Gasteiger partial charge in [0.25, 0.3) is 0 Å². The SMILES string of the molecule is CC1(C)CC(=O)c2ccc(C#Cc3ncc(-c4ccccc4)s3)nc2C1.CC1(C)CCc2nc(C#Cc3cnc(-c4ccccc4)o3)ccc2C1=O. The van der Waals surface area contributed by atoms with Crippen molar-refractivity contribution in [2.24, 2.45) is 10.8 Å². The fraction of sp³-hybridized carbons (Fsp3) is 0.227. The third kappa shape index (κ3) is 7.84. The molecule has 0 unspecified atom stereocenters. The summed E-state index contributed by atoms with van der Waals surface area (Å²) in [6.45, 7) is 8.18. The van der Waals surface area contributed by atoms with Gasteiger partial charge in [-0.2, -0.15) is 0 Å². The Hall–Kier alpha value is -5.96. The summed E-state index contributed by atoms with van der Waals surface area (Å²) >= 11 is 1.57. The second-order valence-electron chi connectivity index (χ2n) is 14.3. The summed E-state index contributed by atoms with van der Waals surface area (Å²) in [7, 11) is 0. The monoisotopic (exact) mass is 700 g/mol. The topological polar surface area (TPSA) is 98.8 Å². The molecule has 0 spiro atoms. The molecule has 256 valence electrons. The molecule has 7 nitrogen and oxygen atoms in total. The van der Waals surface area contributed by atoms with Gasteiger partial charge in [0, 0.05) is 34.7 Å². The number of aryl methyl sites for hydroxylation is 1. The number of rotatable bonds is 2. The Kier molecular flexibility index (Phi) is 9.51. The van der Waals surface area contributed by atoms with E-state index in [0.29, 0.717) is 29.5 Å². The first-order chi connectivity index (χ1) is 25.0. The van der Waals surface area contributed by atoms with Gasteiger partial charge in [0.1, 0.15) is 11.4 Å². The Morgan fingerprint density at radius 1 is 0.673 bits per heavy atom. The molecule has 8 heteroatoms. The number of carbonyl (C=O) groups is 2. The van der Waals surface area contributed by atoms with Gasteiger partial charge in [0.2, 0.25) is 5.89 Å². The number of pyridine rings is 2. The molecule has 6 aromatic rings. The number of hydrogen-bond acceptors (Lipinski definition) is 8. The summed E-state index contributed by atoms with van der Waals surface area (Å²) in [5.74, 6) is 13.5. The van der Waals surface area contributed by atoms with Crippen molar-refractivity contribution in [3.63, 3.8) is 0 Å². The highest BCUT2D eigenvalue weighted by Crippen LogP contribution is 2.35. The lowest BCUT2D eigenvalue weighted by Gasteiger charge is -2.29. The number of Topliss-reactive ketones (excluding diaryl/α,β-unsaturated/α-hetero) is 2. The molecule has 4 aromatic heterocycles. The molecule has 52 heavy (non-hydrogen) atoms. The van der Waals surface area contributed by atoms with Crippen LogP contribution in [0.5, 0.6) is 0 Å². The van der Waals surface area contributed by atoms with Gasteiger partial charge in [-0.25, -0.2) is 19.9 Å². The molecule has 2 aliphatic carbocycles. The molecule has 0 amide bonds. The summed E-state index contributed by atoms with van der Waals surface area (Å²) in [4.78, 5) is 43.6. The lowest BCUT2D eigenvalue weighted by molar-refractivity contribution is 0.0809. The van der Waals surface area contributed by atoms with Gasteiger partial charge in [-0.05, 0) is 90.3 Å². The maximum absolute atomic E-state index is 12.5. The van der Waals surface area contributed by atoms with E-state index in [0.717, 1.165) is 62.8 Å². The van der Waals surface area contributed by atoms with E-state index >= 15 is 0 Å². The predicted octanol–water partition coefficient (Wildman–Crippen LogP) is 9.05. The standard InChI is InChI=1S/C22H18N2O2.C22H18N2OS/c1-22(2)13-12-19-18(20(22)25)11-9-16(24-19)8-10-17-14-23-21(26-17)15-6-4-3-5-7-15;1-22(2)12-18-17(19(25)13-22)10-8-16(24-18)9-11-21-23-14-20(26-21)15-6-4-3-5-7-15/h3-7,9,11,14H,12-13H2,1-2H3;3-8,10,14H,12-13H2,1-2H3. The molecule has 0 fully saturated rings. The number of oxazole rings is 1. The molecule has 0 radical (unpaired) electrons. The number of benzene rings is 2. The molecule has 0 bridgehead atoms. The fourth-order valence-electron chi connectivity index (χ4n) is 6.24. The van der Waals surface area contributed by atoms with Crippen LogP contribution in [-0.2, 0) is 12.8 Å². The minimum Gasteiger partial charge on any atom is -0.428 e. The Labute approximate surface area is 307 Å². The lowest BCUT2D eigenvalue weighted by atomic mass is 9.75. The Morgan fingerprint density at radius 3 is 2.06 bits per heavy atom. The van der Waals surface area contributed by atoms with Crippen molar-refractivity contribution >= 4 is 22.9 Å². The minimum atomic E-state index is -0.310. The molecule has 0 saturated heterocycles. The first-order valence-electron chi connectivity index (χ1n) is 17.2. The van der Waals surface area contributed by atoms with Gasteiger partial charge in [-0.15, -0.1) is 11.3 Å². The van der Waals surface area contributed by atoms with Crippen LogP contribution >= 0.6 is 11.3 Å². The van der Waals surface area contributed by atoms with Crippen molar-refractivity contribution in [1.82, 2.24) is 19.9 Å². The average Bonchev–Trinajstić information content (AvgIpc) is 3.83. The normalized spacial score (nSPS) is 15.1. The quantitative estimate of drug-likeness (QED) is 0.166. The van der Waals surface area contributed by atoms with E-state index in [1.165, 1.54) is 0 Å². The zero-order valence-electron chi connectivity index (χ0n) is 29.5. The highest BCUT2D eigenvalue weighted by Gasteiger charge is 2.35. The largest absolute Gasteiger partial charge is 0.428 e. The number of ketones is 2. The number of carbonyl (C=O) groups excluding carboxylic acids is 2. The van der Waals surface area contributed by atoms with E-state index in [4.69, 9.17) is 4.42 Å². The summed E-state index contributed by atoms with van der Waals surface area (Å²) < 4.78 is 5.68. The van der Waals surface area contributed by atoms with Crippen LogP contribution in [0.4, 0.5) is 0 Å². The van der Waals surface area contributed by atoms with Gasteiger partial charge >= 0.3 is 0 Å². The minimum absolute atomic E-state index is 0.0387. The molecule has 0 N–H and O–H groups in total. The maximum atomic E-state index is 12.5. The molecule has 8 rings (SSSR count). The van der Waals surface area contributed by atoms with Crippen molar-refractivity contribution in [3.05, 3.63) is 142 Å². The van der Waals surface area contributed by atoms with Crippen LogP contribution in [0.2, 0.25) is 0 Å². The highest BCUT2D eigenvalue weighted by atomic mass is 32.1. The van der Waals surface area contributed by atoms with Crippen LogP contribution in [0.1, 0.15) is 94.8 Å². The van der Waals surface area contributed by atoms with Crippen molar-refractivity contribution in [1.29, 1.82) is 0 Å². The molecule has 0 aliphatic heterocycles. The van der Waals surface area contributed by atoms with Gasteiger partial charge < -0.3 is 4.42 Å². The third-order valence-corrected chi connectivity index (χ3v) is 10.0. The van der Waals surface area contributed by atoms with Crippen molar-refractivity contribution in [3.8, 4) is 45.6 Å². The lowest BCUT2D eigenvalue weighted by Crippen LogP contribution is -2.31. The first kappa shape index (κ1) is 34.5. The van der Waals surface area contributed by atoms with E-state index < -0.39 is 0 Å². The van der Waals surface area contributed by atoms with Crippen molar-refractivity contribution in [2.75, 3.05) is 0 Å². The maximum Gasteiger partial charge on any atom is 0.227 e. The molecule has 2 aliphatic rings. The second kappa shape index (κ2) is 14.3. The van der Waals surface area contributed by atoms with Crippen LogP contribution in [-0.4, -0.2) is 31.5 Å². The molecule has 2 aromatic carbocycles. The Bertz CT molecular complexity index is 2420. The number of hydrogen-bond donors (Lipinski definition) is 0. The summed E-state index contributed by atoms with van der Waals surface area (Å²) in [6, 6.07) is 27.2. The van der Waals surface area contributed by atoms with Crippen LogP contribution in [0, 0.1) is 34.5 Å². The van der Waals surface area contributed by atoms with Gasteiger partial charge in [0.15, 0.2) is 22.3 Å². The molecule has 4 heterocycles. The summed E-state index contributed by atoms with van der Waals surface area (Å²) in [5, 5.41) is 0.764. The van der Waals surface area contributed by atoms with Crippen LogP contribution in [0.3, 0.4) is 0 Å². The zero-order chi connectivity index (χ0) is 36.3. The van der Waals surface area contributed by atoms with Crippen LogP contribution in [0.15, 0.2) is 102 Å². The van der Waals surface area contributed by atoms with Gasteiger partial charge in [-0.1, -0.05) is 76.2 Å². The predicted molar refractivity (Wildman–Crippen MR) is 203 cm³/mol. The average molecular weight is 701 g/mol. The summed E-state index contributed by atoms with van der Waals surface area (Å²) in [6.07, 6.45) is 6.45. The van der Waals surface area contributed by atoms with Crippen LogP contribution in [0.25, 0.3) is 21.9 Å². The smallest absolute Gasteiger partial charge is 0.227 e. The number of fused-ring (bicyclic) bond motifs is 2. The van der Waals surface area contributed by atoms with Gasteiger partial charge in [-0.3, -0.25) is 9.59 Å². The molecular formula is C44H36N4O3S. The van der Waals surface area contributed by atoms with E-state index in [2.05, 4.69) is 69.6 Å². The Morgan fingerprint density at radius 2 is 1.33 bits per heavy atom. The van der Waals surface area contributed by atoms with E-state index in [9.17, 15) is 9.59 Å². The summed E-state index contributed by atoms with van der Waals surface area (Å²) in [5.41, 5.74) is 6.19. The molecule has 0 saturated carbocycles. The molecular weight excluding hydrogens is 665 g/mol. The Balaban J connectivity index is 0.000000162. The highest BCUT2D eigenvalue weighted by molar-refractivity contribution is 7.15. The fourth-order valence-corrected chi connectivity index (χ4v) is 7.01.